The predicted molar refractivity (Wildman–Crippen MR) is 121 cm³/mol. The molecule has 2 aromatic rings. The summed E-state index contributed by atoms with van der Waals surface area (Å²) >= 11 is 0. The molecule has 1 amide bonds. The molecule has 2 atom stereocenters. The quantitative estimate of drug-likeness (QED) is 0.525. The Hall–Kier alpha value is -2.67. The zero-order valence-electron chi connectivity index (χ0n) is 18.5. The van der Waals surface area contributed by atoms with Gasteiger partial charge in [-0.1, -0.05) is 67.2 Å². The number of carbonyl (C=O) groups excluding carboxylic acids is 1. The second-order valence-corrected chi connectivity index (χ2v) is 8.25. The van der Waals surface area contributed by atoms with Crippen molar-refractivity contribution in [1.82, 2.24) is 5.32 Å². The fourth-order valence-electron chi connectivity index (χ4n) is 2.86. The van der Waals surface area contributed by atoms with Crippen molar-refractivity contribution in [3.05, 3.63) is 83.9 Å². The third-order valence-electron chi connectivity index (χ3n) is 4.36. The minimum absolute atomic E-state index is 0.138. The summed E-state index contributed by atoms with van der Waals surface area (Å²) < 4.78 is 17.3. The van der Waals surface area contributed by atoms with Gasteiger partial charge in [0, 0.05) is 6.54 Å². The Balaban J connectivity index is 2.04. The molecule has 0 fully saturated rings. The molecule has 6 nitrogen and oxygen atoms in total. The van der Waals surface area contributed by atoms with Gasteiger partial charge in [-0.2, -0.15) is 0 Å². The number of nitrogens with one attached hydrogen (secondary N) is 1. The predicted octanol–water partition coefficient (Wildman–Crippen LogP) is 4.23. The van der Waals surface area contributed by atoms with E-state index in [1.165, 1.54) is 0 Å². The number of carbonyl (C=O) groups is 1. The molecule has 31 heavy (non-hydrogen) atoms. The number of ether oxygens (including phenoxy) is 3. The number of hydrogen-bond donors (Lipinski definition) is 2. The van der Waals surface area contributed by atoms with Crippen LogP contribution in [0.3, 0.4) is 0 Å². The summed E-state index contributed by atoms with van der Waals surface area (Å²) in [5.41, 5.74) is 1.95. The van der Waals surface area contributed by atoms with Gasteiger partial charge in [0.15, 0.2) is 0 Å². The smallest absolute Gasteiger partial charge is 0.407 e. The molecule has 2 N–H and O–H groups in total. The summed E-state index contributed by atoms with van der Waals surface area (Å²) in [4.78, 5) is 12.0. The van der Waals surface area contributed by atoms with Crippen LogP contribution in [0, 0.1) is 0 Å². The maximum Gasteiger partial charge on any atom is 0.407 e. The third kappa shape index (κ3) is 9.34. The highest BCUT2D eigenvalue weighted by Gasteiger charge is 2.26. The highest BCUT2D eigenvalue weighted by atomic mass is 16.6. The topological polar surface area (TPSA) is 77.0 Å². The molecular formula is C25H33NO5. The average molecular weight is 428 g/mol. The van der Waals surface area contributed by atoms with Crippen molar-refractivity contribution in [2.45, 2.75) is 51.8 Å². The monoisotopic (exact) mass is 427 g/mol. The maximum absolute atomic E-state index is 12.0. The first-order valence-electron chi connectivity index (χ1n) is 10.3. The molecule has 0 bridgehead atoms. The van der Waals surface area contributed by atoms with E-state index in [4.69, 9.17) is 14.2 Å². The first kappa shape index (κ1) is 24.6. The number of amides is 1. The van der Waals surface area contributed by atoms with Gasteiger partial charge in [-0.25, -0.2) is 4.79 Å². The molecule has 0 saturated heterocycles. The molecule has 0 saturated carbocycles. The number of aliphatic hydroxyl groups excluding tert-OH is 1. The second-order valence-electron chi connectivity index (χ2n) is 8.25. The van der Waals surface area contributed by atoms with E-state index in [1.807, 2.05) is 60.7 Å². The zero-order chi connectivity index (χ0) is 22.7. The van der Waals surface area contributed by atoms with Gasteiger partial charge in [0.2, 0.25) is 0 Å². The number of rotatable bonds is 11. The van der Waals surface area contributed by atoms with Crippen LogP contribution in [0.2, 0.25) is 0 Å². The second kappa shape index (κ2) is 12.2. The number of aliphatic hydroxyl groups is 1. The van der Waals surface area contributed by atoms with Crippen LogP contribution >= 0.6 is 0 Å². The van der Waals surface area contributed by atoms with E-state index in [-0.39, 0.29) is 13.2 Å². The van der Waals surface area contributed by atoms with Gasteiger partial charge < -0.3 is 24.6 Å². The lowest BCUT2D eigenvalue weighted by atomic mass is 10.1. The van der Waals surface area contributed by atoms with Crippen LogP contribution in [0.1, 0.15) is 31.9 Å². The van der Waals surface area contributed by atoms with E-state index >= 15 is 0 Å². The highest BCUT2D eigenvalue weighted by Crippen LogP contribution is 2.17. The van der Waals surface area contributed by atoms with Gasteiger partial charge in [0.1, 0.15) is 17.8 Å². The third-order valence-corrected chi connectivity index (χ3v) is 4.36. The number of benzene rings is 2. The van der Waals surface area contributed by atoms with E-state index < -0.39 is 23.9 Å². The van der Waals surface area contributed by atoms with Crippen LogP contribution < -0.4 is 5.32 Å². The molecule has 2 aromatic carbocycles. The molecule has 0 unspecified atom stereocenters. The Bertz CT molecular complexity index is 802. The Morgan fingerprint density at radius 3 is 1.97 bits per heavy atom. The van der Waals surface area contributed by atoms with Crippen molar-refractivity contribution in [2.24, 2.45) is 0 Å². The average Bonchev–Trinajstić information content (AvgIpc) is 2.74. The number of alkyl carbamates (subject to hydrolysis) is 1. The minimum atomic E-state index is -0.642. The minimum Gasteiger partial charge on any atom is -0.444 e. The van der Waals surface area contributed by atoms with Gasteiger partial charge in [-0.15, -0.1) is 0 Å². The van der Waals surface area contributed by atoms with Gasteiger partial charge >= 0.3 is 6.09 Å². The normalized spacial score (nSPS) is 13.3. The van der Waals surface area contributed by atoms with Gasteiger partial charge in [-0.3, -0.25) is 0 Å². The van der Waals surface area contributed by atoms with Gasteiger partial charge in [-0.05, 0) is 37.5 Å². The fraction of sp³-hybridized carbons (Fsp3) is 0.400. The van der Waals surface area contributed by atoms with E-state index in [9.17, 15) is 9.90 Å². The zero-order valence-corrected chi connectivity index (χ0v) is 18.5. The molecule has 0 heterocycles. The van der Waals surface area contributed by atoms with E-state index in [0.717, 1.165) is 11.1 Å². The summed E-state index contributed by atoms with van der Waals surface area (Å²) in [6.45, 7) is 10.00. The molecule has 0 spiro atoms. The van der Waals surface area contributed by atoms with E-state index in [0.29, 0.717) is 18.8 Å². The van der Waals surface area contributed by atoms with Crippen molar-refractivity contribution < 1.29 is 24.1 Å². The van der Waals surface area contributed by atoms with Crippen molar-refractivity contribution in [1.29, 1.82) is 0 Å². The van der Waals surface area contributed by atoms with Crippen LogP contribution in [-0.4, -0.2) is 42.2 Å². The Morgan fingerprint density at radius 1 is 0.968 bits per heavy atom. The van der Waals surface area contributed by atoms with Crippen LogP contribution in [0.5, 0.6) is 0 Å². The SMILES string of the molecule is C=C(CNC(=O)OC(C)(C)C)[C@@H](OCc1ccccc1)[C@@H](CO)OCc1ccccc1. The largest absolute Gasteiger partial charge is 0.444 e. The molecular weight excluding hydrogens is 394 g/mol. The Labute approximate surface area is 184 Å². The first-order chi connectivity index (χ1) is 14.8. The molecule has 6 heteroatoms. The van der Waals surface area contributed by atoms with Crippen LogP contribution in [0.25, 0.3) is 0 Å². The molecule has 0 aliphatic heterocycles. The lowest BCUT2D eigenvalue weighted by molar-refractivity contribution is -0.0894. The van der Waals surface area contributed by atoms with Crippen molar-refractivity contribution in [3.8, 4) is 0 Å². The molecule has 0 aliphatic carbocycles. The lowest BCUT2D eigenvalue weighted by Crippen LogP contribution is -2.40. The van der Waals surface area contributed by atoms with Crippen LogP contribution in [-0.2, 0) is 27.4 Å². The molecule has 2 rings (SSSR count). The van der Waals surface area contributed by atoms with Gasteiger partial charge in [0.25, 0.3) is 0 Å². The molecule has 0 aliphatic rings. The van der Waals surface area contributed by atoms with Crippen molar-refractivity contribution in [2.75, 3.05) is 13.2 Å². The summed E-state index contributed by atoms with van der Waals surface area (Å²) in [5, 5.41) is 12.7. The Kier molecular flexibility index (Phi) is 9.72. The van der Waals surface area contributed by atoms with Crippen LogP contribution in [0.15, 0.2) is 72.8 Å². The standard InChI is InChI=1S/C25H33NO5/c1-19(15-26-24(28)31-25(2,3)4)23(30-18-21-13-9-6-10-14-21)22(16-27)29-17-20-11-7-5-8-12-20/h5-14,22-23,27H,1,15-18H2,2-4H3,(H,26,28)/t22-,23-/m1/s1. The van der Waals surface area contributed by atoms with Crippen molar-refractivity contribution >= 4 is 6.09 Å². The molecule has 168 valence electrons. The van der Waals surface area contributed by atoms with Crippen LogP contribution in [0.4, 0.5) is 4.79 Å². The molecule has 0 aromatic heterocycles. The maximum atomic E-state index is 12.0. The van der Waals surface area contributed by atoms with E-state index in [1.54, 1.807) is 20.8 Å². The van der Waals surface area contributed by atoms with E-state index in [2.05, 4.69) is 11.9 Å². The summed E-state index contributed by atoms with van der Waals surface area (Å²) in [6, 6.07) is 19.4. The molecule has 0 radical (unpaired) electrons. The fourth-order valence-corrected chi connectivity index (χ4v) is 2.86. The summed E-state index contributed by atoms with van der Waals surface area (Å²) in [6.07, 6.45) is -1.80. The lowest BCUT2D eigenvalue weighted by Gasteiger charge is -2.28. The Morgan fingerprint density at radius 2 is 1.48 bits per heavy atom. The summed E-state index contributed by atoms with van der Waals surface area (Å²) in [7, 11) is 0. The number of hydrogen-bond acceptors (Lipinski definition) is 5. The first-order valence-corrected chi connectivity index (χ1v) is 10.3. The van der Waals surface area contributed by atoms with Crippen molar-refractivity contribution in [3.63, 3.8) is 0 Å². The highest BCUT2D eigenvalue weighted by molar-refractivity contribution is 5.68. The summed E-state index contributed by atoms with van der Waals surface area (Å²) in [5.74, 6) is 0. The van der Waals surface area contributed by atoms with Gasteiger partial charge in [0.05, 0.1) is 19.8 Å².